The van der Waals surface area contributed by atoms with Gasteiger partial charge in [0.25, 0.3) is 5.91 Å². The Morgan fingerprint density at radius 3 is 2.46 bits per heavy atom. The van der Waals surface area contributed by atoms with E-state index < -0.39 is 5.82 Å². The van der Waals surface area contributed by atoms with Gasteiger partial charge in [-0.05, 0) is 75.2 Å². The highest BCUT2D eigenvalue weighted by Crippen LogP contribution is 2.32. The van der Waals surface area contributed by atoms with Gasteiger partial charge in [0, 0.05) is 17.6 Å². The molecule has 136 valence electrons. The molecule has 2 aromatic rings. The SMILES string of the molecule is C[C@H]1[C@H](NC(=O)c2ccc(Oc3ccccc3F)cc2)C2CCN1CC2. The molecule has 0 saturated carbocycles. The number of rotatable bonds is 4. The highest BCUT2D eigenvalue weighted by atomic mass is 19.1. The molecule has 4 nitrogen and oxygen atoms in total. The lowest BCUT2D eigenvalue weighted by atomic mass is 9.79. The molecule has 26 heavy (non-hydrogen) atoms. The lowest BCUT2D eigenvalue weighted by Gasteiger charge is -2.49. The number of fused-ring (bicyclic) bond motifs is 3. The Labute approximate surface area is 153 Å². The summed E-state index contributed by atoms with van der Waals surface area (Å²) in [7, 11) is 0. The third kappa shape index (κ3) is 3.31. The number of nitrogens with one attached hydrogen (secondary N) is 1. The normalized spacial score (nSPS) is 27.2. The topological polar surface area (TPSA) is 41.6 Å². The van der Waals surface area contributed by atoms with Gasteiger partial charge in [0.1, 0.15) is 5.75 Å². The summed E-state index contributed by atoms with van der Waals surface area (Å²) in [6.45, 7) is 4.47. The lowest BCUT2D eigenvalue weighted by Crippen LogP contribution is -2.62. The predicted molar refractivity (Wildman–Crippen MR) is 97.9 cm³/mol. The standard InChI is InChI=1S/C21H23FN2O2/c1-14-20(15-10-12-24(14)13-11-15)23-21(25)16-6-8-17(9-7-16)26-19-5-3-2-4-18(19)22/h2-9,14-15,20H,10-13H2,1H3,(H,23,25)/t14-,20-/m0/s1. The monoisotopic (exact) mass is 354 g/mol. The summed E-state index contributed by atoms with van der Waals surface area (Å²) in [5.41, 5.74) is 0.592. The van der Waals surface area contributed by atoms with Crippen molar-refractivity contribution >= 4 is 5.91 Å². The quantitative estimate of drug-likeness (QED) is 0.907. The van der Waals surface area contributed by atoms with E-state index >= 15 is 0 Å². The van der Waals surface area contributed by atoms with Crippen LogP contribution in [0.15, 0.2) is 48.5 Å². The van der Waals surface area contributed by atoms with Gasteiger partial charge in [0.2, 0.25) is 0 Å². The summed E-state index contributed by atoms with van der Waals surface area (Å²) in [5.74, 6) is 0.773. The van der Waals surface area contributed by atoms with Crippen molar-refractivity contribution in [3.05, 3.63) is 59.9 Å². The van der Waals surface area contributed by atoms with E-state index in [-0.39, 0.29) is 17.7 Å². The van der Waals surface area contributed by atoms with Crippen LogP contribution < -0.4 is 10.1 Å². The van der Waals surface area contributed by atoms with Crippen LogP contribution in [0.4, 0.5) is 4.39 Å². The minimum Gasteiger partial charge on any atom is -0.454 e. The number of piperidine rings is 3. The molecule has 0 aromatic heterocycles. The van der Waals surface area contributed by atoms with Crippen molar-refractivity contribution in [1.29, 1.82) is 0 Å². The molecule has 3 fully saturated rings. The van der Waals surface area contributed by atoms with Gasteiger partial charge in [-0.25, -0.2) is 4.39 Å². The zero-order valence-electron chi connectivity index (χ0n) is 14.8. The first-order chi connectivity index (χ1) is 12.6. The molecule has 3 saturated heterocycles. The Bertz CT molecular complexity index is 783. The van der Waals surface area contributed by atoms with E-state index in [4.69, 9.17) is 4.74 Å². The molecule has 3 aliphatic heterocycles. The number of halogens is 1. The fourth-order valence-corrected chi connectivity index (χ4v) is 4.11. The van der Waals surface area contributed by atoms with E-state index in [0.717, 1.165) is 25.9 Å². The molecule has 5 rings (SSSR count). The van der Waals surface area contributed by atoms with Crippen LogP contribution in [0.5, 0.6) is 11.5 Å². The second kappa shape index (κ2) is 7.08. The van der Waals surface area contributed by atoms with Crippen LogP contribution in [-0.2, 0) is 0 Å². The predicted octanol–water partition coefficient (Wildman–Crippen LogP) is 3.83. The molecule has 0 aliphatic carbocycles. The molecule has 3 aliphatic rings. The Morgan fingerprint density at radius 1 is 1.12 bits per heavy atom. The minimum absolute atomic E-state index is 0.0620. The van der Waals surface area contributed by atoms with Gasteiger partial charge in [-0.1, -0.05) is 12.1 Å². The van der Waals surface area contributed by atoms with E-state index in [1.54, 1.807) is 42.5 Å². The number of para-hydroxylation sites is 1. The second-order valence-corrected chi connectivity index (χ2v) is 7.17. The minimum atomic E-state index is -0.411. The Hall–Kier alpha value is -2.40. The number of benzene rings is 2. The van der Waals surface area contributed by atoms with E-state index in [0.29, 0.717) is 23.3 Å². The number of amides is 1. The number of carbonyl (C=O) groups is 1. The Kier molecular flexibility index (Phi) is 4.64. The number of nitrogens with zero attached hydrogens (tertiary/aromatic N) is 1. The average molecular weight is 354 g/mol. The van der Waals surface area contributed by atoms with Crippen molar-refractivity contribution in [2.75, 3.05) is 13.1 Å². The third-order valence-corrected chi connectivity index (χ3v) is 5.66. The van der Waals surface area contributed by atoms with Gasteiger partial charge in [-0.2, -0.15) is 0 Å². The molecule has 0 radical (unpaired) electrons. The fraction of sp³-hybridized carbons (Fsp3) is 0.381. The maximum atomic E-state index is 13.7. The van der Waals surface area contributed by atoms with Crippen molar-refractivity contribution in [2.24, 2.45) is 5.92 Å². The van der Waals surface area contributed by atoms with Crippen LogP contribution in [0.1, 0.15) is 30.1 Å². The van der Waals surface area contributed by atoms with Crippen LogP contribution in [0, 0.1) is 11.7 Å². The number of carbonyl (C=O) groups excluding carboxylic acids is 1. The summed E-state index contributed by atoms with van der Waals surface area (Å²) >= 11 is 0. The molecule has 1 N–H and O–H groups in total. The average Bonchev–Trinajstić information content (AvgIpc) is 2.67. The summed E-state index contributed by atoms with van der Waals surface area (Å²) < 4.78 is 19.2. The molecule has 0 unspecified atom stereocenters. The molecule has 2 bridgehead atoms. The molecule has 2 atom stereocenters. The first kappa shape index (κ1) is 17.0. The zero-order chi connectivity index (χ0) is 18.1. The summed E-state index contributed by atoms with van der Waals surface area (Å²) in [6.07, 6.45) is 2.31. The molecule has 0 spiro atoms. The largest absolute Gasteiger partial charge is 0.454 e. The highest BCUT2D eigenvalue weighted by Gasteiger charge is 2.40. The maximum Gasteiger partial charge on any atom is 0.251 e. The van der Waals surface area contributed by atoms with E-state index in [1.807, 2.05) is 0 Å². The molecule has 2 aromatic carbocycles. The Morgan fingerprint density at radius 2 is 1.81 bits per heavy atom. The molecular formula is C21H23FN2O2. The summed E-state index contributed by atoms with van der Waals surface area (Å²) in [6, 6.07) is 13.7. The van der Waals surface area contributed by atoms with Gasteiger partial charge >= 0.3 is 0 Å². The van der Waals surface area contributed by atoms with E-state index in [2.05, 4.69) is 17.1 Å². The van der Waals surface area contributed by atoms with E-state index in [9.17, 15) is 9.18 Å². The summed E-state index contributed by atoms with van der Waals surface area (Å²) in [4.78, 5) is 15.1. The molecule has 1 amide bonds. The van der Waals surface area contributed by atoms with Gasteiger partial charge in [0.05, 0.1) is 0 Å². The number of ether oxygens (including phenoxy) is 1. The lowest BCUT2D eigenvalue weighted by molar-refractivity contribution is 0.0217. The smallest absolute Gasteiger partial charge is 0.251 e. The summed E-state index contributed by atoms with van der Waals surface area (Å²) in [5, 5.41) is 3.21. The maximum absolute atomic E-state index is 13.7. The van der Waals surface area contributed by atoms with Gasteiger partial charge in [-0.3, -0.25) is 9.69 Å². The fourth-order valence-electron chi connectivity index (χ4n) is 4.11. The van der Waals surface area contributed by atoms with Gasteiger partial charge < -0.3 is 10.1 Å². The van der Waals surface area contributed by atoms with Crippen LogP contribution in [0.25, 0.3) is 0 Å². The Balaban J connectivity index is 1.42. The molecule has 5 heteroatoms. The van der Waals surface area contributed by atoms with Crippen LogP contribution in [0.3, 0.4) is 0 Å². The first-order valence-corrected chi connectivity index (χ1v) is 9.19. The van der Waals surface area contributed by atoms with Crippen molar-refractivity contribution in [2.45, 2.75) is 31.8 Å². The van der Waals surface area contributed by atoms with Crippen molar-refractivity contribution in [3.8, 4) is 11.5 Å². The van der Waals surface area contributed by atoms with Crippen molar-refractivity contribution < 1.29 is 13.9 Å². The van der Waals surface area contributed by atoms with Crippen molar-refractivity contribution in [1.82, 2.24) is 10.2 Å². The molecular weight excluding hydrogens is 331 g/mol. The highest BCUT2D eigenvalue weighted by molar-refractivity contribution is 5.94. The number of hydrogen-bond acceptors (Lipinski definition) is 3. The number of hydrogen-bond donors (Lipinski definition) is 1. The van der Waals surface area contributed by atoms with Gasteiger partial charge in [-0.15, -0.1) is 0 Å². The van der Waals surface area contributed by atoms with E-state index in [1.165, 1.54) is 6.07 Å². The van der Waals surface area contributed by atoms with Crippen LogP contribution in [-0.4, -0.2) is 36.0 Å². The van der Waals surface area contributed by atoms with Crippen molar-refractivity contribution in [3.63, 3.8) is 0 Å². The second-order valence-electron chi connectivity index (χ2n) is 7.17. The third-order valence-electron chi connectivity index (χ3n) is 5.66. The first-order valence-electron chi connectivity index (χ1n) is 9.19. The van der Waals surface area contributed by atoms with Crippen LogP contribution >= 0.6 is 0 Å². The van der Waals surface area contributed by atoms with Gasteiger partial charge in [0.15, 0.2) is 11.6 Å². The zero-order valence-corrected chi connectivity index (χ0v) is 14.8. The van der Waals surface area contributed by atoms with Crippen LogP contribution in [0.2, 0.25) is 0 Å². The molecule has 3 heterocycles.